The van der Waals surface area contributed by atoms with Gasteiger partial charge in [-0.25, -0.2) is 4.98 Å². The first-order valence-corrected chi connectivity index (χ1v) is 11.9. The number of nitrogens with zero attached hydrogens (tertiary/aromatic N) is 3. The summed E-state index contributed by atoms with van der Waals surface area (Å²) in [5.74, 6) is 1.63. The lowest BCUT2D eigenvalue weighted by molar-refractivity contribution is 0.668. The van der Waals surface area contributed by atoms with Crippen molar-refractivity contribution >= 4 is 33.1 Å². The smallest absolute Gasteiger partial charge is 0.153 e. The second kappa shape index (κ2) is 7.84. The third kappa shape index (κ3) is 3.06. The molecule has 0 fully saturated rings. The molecule has 6 rings (SSSR count). The largest absolute Gasteiger partial charge is 0.454 e. The molecule has 0 bridgehead atoms. The third-order valence-corrected chi connectivity index (χ3v) is 6.62. The summed E-state index contributed by atoms with van der Waals surface area (Å²) in [7, 11) is 0. The van der Waals surface area contributed by atoms with Gasteiger partial charge in [0, 0.05) is 11.6 Å². The van der Waals surface area contributed by atoms with Gasteiger partial charge >= 0.3 is 0 Å². The molecule has 0 aliphatic carbocycles. The summed E-state index contributed by atoms with van der Waals surface area (Å²) in [5, 5.41) is 1.01. The Labute approximate surface area is 198 Å². The molecule has 0 N–H and O–H groups in total. The van der Waals surface area contributed by atoms with Gasteiger partial charge in [0.2, 0.25) is 0 Å². The van der Waals surface area contributed by atoms with E-state index in [1.165, 1.54) is 16.8 Å². The van der Waals surface area contributed by atoms with Crippen LogP contribution in [0.5, 0.6) is 0 Å². The highest BCUT2D eigenvalue weighted by atomic mass is 16.3. The fraction of sp³-hybridized carbons (Fsp3) is 0.200. The van der Waals surface area contributed by atoms with Gasteiger partial charge in [-0.15, -0.1) is 0 Å². The summed E-state index contributed by atoms with van der Waals surface area (Å²) in [6.45, 7) is 9.03. The quantitative estimate of drug-likeness (QED) is 0.274. The minimum Gasteiger partial charge on any atom is -0.454 e. The Bertz CT molecular complexity index is 1640. The molecule has 4 nitrogen and oxygen atoms in total. The van der Waals surface area contributed by atoms with E-state index in [9.17, 15) is 0 Å². The maximum Gasteiger partial charge on any atom is 0.153 e. The number of benzene rings is 3. The summed E-state index contributed by atoms with van der Waals surface area (Å²) >= 11 is 0. The van der Waals surface area contributed by atoms with Crippen molar-refractivity contribution in [2.75, 3.05) is 0 Å². The van der Waals surface area contributed by atoms with Crippen LogP contribution in [0.4, 0.5) is 0 Å². The van der Waals surface area contributed by atoms with Crippen molar-refractivity contribution in [1.29, 1.82) is 0 Å². The van der Waals surface area contributed by atoms with Crippen LogP contribution in [0.3, 0.4) is 0 Å². The number of pyridine rings is 1. The SMILES string of the molecule is CC(C)c1cccc(C(C)C)c1-n1c(-c2cccc3c2oc2cccnc23)nc2ccccc21. The number of fused-ring (bicyclic) bond motifs is 4. The molecular formula is C30H27N3O. The lowest BCUT2D eigenvalue weighted by Gasteiger charge is -2.22. The van der Waals surface area contributed by atoms with Crippen LogP contribution >= 0.6 is 0 Å². The van der Waals surface area contributed by atoms with Crippen molar-refractivity contribution in [3.05, 3.63) is 90.1 Å². The lowest BCUT2D eigenvalue weighted by atomic mass is 9.92. The predicted octanol–water partition coefficient (Wildman–Crippen LogP) is 8.23. The third-order valence-electron chi connectivity index (χ3n) is 6.62. The molecule has 0 saturated heterocycles. The minimum atomic E-state index is 0.369. The molecule has 0 saturated carbocycles. The van der Waals surface area contributed by atoms with Crippen LogP contribution in [-0.4, -0.2) is 14.5 Å². The summed E-state index contributed by atoms with van der Waals surface area (Å²) in [4.78, 5) is 9.74. The highest BCUT2D eigenvalue weighted by Crippen LogP contribution is 2.40. The topological polar surface area (TPSA) is 43.9 Å². The fourth-order valence-corrected chi connectivity index (χ4v) is 5.00. The zero-order chi connectivity index (χ0) is 23.4. The van der Waals surface area contributed by atoms with E-state index in [2.05, 4.69) is 91.8 Å². The van der Waals surface area contributed by atoms with Gasteiger partial charge < -0.3 is 4.42 Å². The minimum absolute atomic E-state index is 0.369. The summed E-state index contributed by atoms with van der Waals surface area (Å²) in [5.41, 5.74) is 9.38. The first-order chi connectivity index (χ1) is 16.5. The molecule has 0 unspecified atom stereocenters. The maximum absolute atomic E-state index is 6.36. The van der Waals surface area contributed by atoms with Crippen LogP contribution in [-0.2, 0) is 0 Å². The number of aromatic nitrogens is 3. The van der Waals surface area contributed by atoms with Crippen LogP contribution < -0.4 is 0 Å². The van der Waals surface area contributed by atoms with Gasteiger partial charge in [0.1, 0.15) is 16.9 Å². The molecule has 0 amide bonds. The molecule has 4 heteroatoms. The Morgan fingerprint density at radius 3 is 2.26 bits per heavy atom. The van der Waals surface area contributed by atoms with Gasteiger partial charge in [-0.1, -0.05) is 64.1 Å². The molecule has 3 aromatic carbocycles. The van der Waals surface area contributed by atoms with E-state index in [4.69, 9.17) is 9.40 Å². The second-order valence-electron chi connectivity index (χ2n) is 9.49. The molecule has 3 heterocycles. The van der Waals surface area contributed by atoms with Crippen LogP contribution in [0, 0.1) is 0 Å². The highest BCUT2D eigenvalue weighted by Gasteiger charge is 2.24. The first kappa shape index (κ1) is 20.7. The zero-order valence-corrected chi connectivity index (χ0v) is 19.9. The molecule has 0 aliphatic rings. The van der Waals surface area contributed by atoms with Gasteiger partial charge in [-0.2, -0.15) is 0 Å². The van der Waals surface area contributed by atoms with Crippen LogP contribution in [0.25, 0.3) is 50.2 Å². The van der Waals surface area contributed by atoms with Gasteiger partial charge in [0.25, 0.3) is 0 Å². The molecule has 3 aromatic heterocycles. The van der Waals surface area contributed by atoms with Crippen molar-refractivity contribution in [2.45, 2.75) is 39.5 Å². The lowest BCUT2D eigenvalue weighted by Crippen LogP contribution is -2.08. The Morgan fingerprint density at radius 2 is 1.50 bits per heavy atom. The molecule has 168 valence electrons. The molecule has 34 heavy (non-hydrogen) atoms. The maximum atomic E-state index is 6.36. The average Bonchev–Trinajstić information content (AvgIpc) is 3.42. The van der Waals surface area contributed by atoms with E-state index in [1.54, 1.807) is 0 Å². The molecule has 0 spiro atoms. The number of hydrogen-bond acceptors (Lipinski definition) is 3. The molecule has 0 aliphatic heterocycles. The van der Waals surface area contributed by atoms with Crippen LogP contribution in [0.1, 0.15) is 50.7 Å². The van der Waals surface area contributed by atoms with Gasteiger partial charge in [-0.05, 0) is 59.4 Å². The Balaban J connectivity index is 1.77. The summed E-state index contributed by atoms with van der Waals surface area (Å²) < 4.78 is 8.71. The monoisotopic (exact) mass is 445 g/mol. The number of hydrogen-bond donors (Lipinski definition) is 0. The highest BCUT2D eigenvalue weighted by molar-refractivity contribution is 6.07. The van der Waals surface area contributed by atoms with Gasteiger partial charge in [-0.3, -0.25) is 9.55 Å². The molecule has 0 atom stereocenters. The fourth-order valence-electron chi connectivity index (χ4n) is 5.00. The number of rotatable bonds is 4. The van der Waals surface area contributed by atoms with Crippen LogP contribution in [0.15, 0.2) is 83.4 Å². The van der Waals surface area contributed by atoms with E-state index >= 15 is 0 Å². The average molecular weight is 446 g/mol. The van der Waals surface area contributed by atoms with E-state index in [0.717, 1.165) is 44.5 Å². The van der Waals surface area contributed by atoms with Crippen molar-refractivity contribution in [3.8, 4) is 17.1 Å². The molecule has 6 aromatic rings. The number of imidazole rings is 1. The van der Waals surface area contributed by atoms with Crippen molar-refractivity contribution in [3.63, 3.8) is 0 Å². The number of furan rings is 1. The normalized spacial score (nSPS) is 12.1. The zero-order valence-electron chi connectivity index (χ0n) is 19.9. The van der Waals surface area contributed by atoms with Crippen LogP contribution in [0.2, 0.25) is 0 Å². The van der Waals surface area contributed by atoms with Gasteiger partial charge in [0.15, 0.2) is 5.58 Å². The van der Waals surface area contributed by atoms with Crippen molar-refractivity contribution in [2.24, 2.45) is 0 Å². The van der Waals surface area contributed by atoms with E-state index in [1.807, 2.05) is 24.4 Å². The predicted molar refractivity (Wildman–Crippen MR) is 140 cm³/mol. The summed E-state index contributed by atoms with van der Waals surface area (Å²) in [6.07, 6.45) is 1.81. The van der Waals surface area contributed by atoms with Crippen molar-refractivity contribution < 1.29 is 4.42 Å². The first-order valence-electron chi connectivity index (χ1n) is 11.9. The number of para-hydroxylation sites is 4. The Hall–Kier alpha value is -3.92. The van der Waals surface area contributed by atoms with Crippen molar-refractivity contribution in [1.82, 2.24) is 14.5 Å². The molecular weight excluding hydrogens is 418 g/mol. The van der Waals surface area contributed by atoms with Gasteiger partial charge in [0.05, 0.1) is 22.3 Å². The van der Waals surface area contributed by atoms with E-state index in [-0.39, 0.29) is 0 Å². The summed E-state index contributed by atoms with van der Waals surface area (Å²) in [6, 6.07) is 25.2. The van der Waals surface area contributed by atoms with E-state index < -0.39 is 0 Å². The second-order valence-corrected chi connectivity index (χ2v) is 9.49. The Morgan fingerprint density at radius 1 is 0.765 bits per heavy atom. The molecule has 0 radical (unpaired) electrons. The standard InChI is InChI=1S/C30H27N3O/c1-18(2)20-10-7-11-21(19(3)4)28(20)33-25-15-6-5-14-24(25)32-30(33)23-13-8-12-22-27-26(34-29(22)23)16-9-17-31-27/h5-19H,1-4H3. The van der Waals surface area contributed by atoms with E-state index in [0.29, 0.717) is 11.8 Å². The Kier molecular flexibility index (Phi) is 4.77.